The van der Waals surface area contributed by atoms with Crippen LogP contribution in [-0.2, 0) is 10.8 Å². The molecule has 1 aliphatic rings. The number of nitrogens with zero attached hydrogens (tertiary/aromatic N) is 2. The summed E-state index contributed by atoms with van der Waals surface area (Å²) in [6, 6.07) is 67.5. The maximum absolute atomic E-state index is 2.56. The van der Waals surface area contributed by atoms with E-state index in [2.05, 4.69) is 219 Å². The van der Waals surface area contributed by atoms with Gasteiger partial charge in [-0.1, -0.05) is 185 Å². The summed E-state index contributed by atoms with van der Waals surface area (Å²) in [5, 5.41) is 5.02. The van der Waals surface area contributed by atoms with Crippen molar-refractivity contribution < 1.29 is 0 Å². The van der Waals surface area contributed by atoms with E-state index in [0.29, 0.717) is 0 Å². The van der Waals surface area contributed by atoms with E-state index in [9.17, 15) is 0 Å². The van der Waals surface area contributed by atoms with Crippen LogP contribution in [0, 0.1) is 0 Å². The zero-order chi connectivity index (χ0) is 39.2. The van der Waals surface area contributed by atoms with Crippen LogP contribution in [0.3, 0.4) is 0 Å². The van der Waals surface area contributed by atoms with Gasteiger partial charge in [0.25, 0.3) is 0 Å². The first-order valence-electron chi connectivity index (χ1n) is 20.7. The van der Waals surface area contributed by atoms with Crippen molar-refractivity contribution >= 4 is 43.6 Å². The van der Waals surface area contributed by atoms with Gasteiger partial charge in [0.2, 0.25) is 0 Å². The average molecular weight is 747 g/mol. The van der Waals surface area contributed by atoms with Crippen molar-refractivity contribution in [3.63, 3.8) is 0 Å². The van der Waals surface area contributed by atoms with Gasteiger partial charge >= 0.3 is 0 Å². The molecule has 0 fully saturated rings. The molecule has 0 bridgehead atoms. The number of benzene rings is 8. The highest BCUT2D eigenvalue weighted by molar-refractivity contribution is 6.27. The van der Waals surface area contributed by atoms with Crippen LogP contribution in [0.5, 0.6) is 0 Å². The lowest BCUT2D eigenvalue weighted by molar-refractivity contribution is 0.332. The van der Waals surface area contributed by atoms with E-state index in [0.717, 1.165) is 5.69 Å². The summed E-state index contributed by atoms with van der Waals surface area (Å²) >= 11 is 0. The van der Waals surface area contributed by atoms with Gasteiger partial charge in [-0.05, 0) is 75.8 Å². The van der Waals surface area contributed by atoms with Crippen molar-refractivity contribution in [2.75, 3.05) is 0 Å². The van der Waals surface area contributed by atoms with Gasteiger partial charge in [0.15, 0.2) is 0 Å². The van der Waals surface area contributed by atoms with Gasteiger partial charge in [0.05, 0.1) is 27.8 Å². The topological polar surface area (TPSA) is 9.86 Å². The number of hydrogen-bond acceptors (Lipinski definition) is 0. The maximum atomic E-state index is 2.56. The summed E-state index contributed by atoms with van der Waals surface area (Å²) in [5.41, 5.74) is 17.8. The highest BCUT2D eigenvalue weighted by Gasteiger charge is 2.37. The van der Waals surface area contributed by atoms with Gasteiger partial charge in [-0.3, -0.25) is 0 Å². The molecule has 0 N–H and O–H groups in total. The predicted octanol–water partition coefficient (Wildman–Crippen LogP) is 15.2. The van der Waals surface area contributed by atoms with E-state index in [-0.39, 0.29) is 10.8 Å². The van der Waals surface area contributed by atoms with Crippen LogP contribution in [-0.4, -0.2) is 9.13 Å². The molecule has 2 heteroatoms. The highest BCUT2D eigenvalue weighted by Crippen LogP contribution is 2.49. The molecule has 0 unspecified atom stereocenters. The summed E-state index contributed by atoms with van der Waals surface area (Å²) in [6.07, 6.45) is 2.39. The number of para-hydroxylation sites is 4. The Labute approximate surface area is 340 Å². The molecule has 0 saturated carbocycles. The summed E-state index contributed by atoms with van der Waals surface area (Å²) in [4.78, 5) is 0. The van der Waals surface area contributed by atoms with Crippen LogP contribution in [0.2, 0.25) is 0 Å². The van der Waals surface area contributed by atoms with E-state index in [1.807, 2.05) is 0 Å². The summed E-state index contributed by atoms with van der Waals surface area (Å²) in [7, 11) is 0. The van der Waals surface area contributed by atoms with Crippen LogP contribution < -0.4 is 0 Å². The average Bonchev–Trinajstić information content (AvgIpc) is 3.79. The predicted molar refractivity (Wildman–Crippen MR) is 247 cm³/mol. The molecule has 2 aromatic heterocycles. The standard InChI is InChI=1S/C56H46N2/c1-55(2)34-35-56(3,4)48-36-39(30-32-47(48)55)43-27-17-28-44-45-31-33-50-51(54(45)57(53(43)44)40-22-12-7-13-23-40)46-24-14-15-29-49(46)58(50)52-41(37-18-8-5-9-19-37)25-16-26-42(52)38-20-10-6-11-21-38/h5-33,36H,34-35H2,1-4H3. The van der Waals surface area contributed by atoms with E-state index in [1.165, 1.54) is 107 Å². The van der Waals surface area contributed by atoms with Crippen molar-refractivity contribution in [3.05, 3.63) is 193 Å². The fourth-order valence-corrected chi connectivity index (χ4v) is 10.2. The molecule has 0 amide bonds. The fourth-order valence-electron chi connectivity index (χ4n) is 10.2. The molecule has 2 nitrogen and oxygen atoms in total. The molecule has 0 saturated heterocycles. The molecule has 58 heavy (non-hydrogen) atoms. The van der Waals surface area contributed by atoms with E-state index >= 15 is 0 Å². The molecule has 10 aromatic rings. The van der Waals surface area contributed by atoms with Gasteiger partial charge in [0.1, 0.15) is 0 Å². The van der Waals surface area contributed by atoms with Crippen molar-refractivity contribution in [1.29, 1.82) is 0 Å². The van der Waals surface area contributed by atoms with Crippen LogP contribution in [0.25, 0.3) is 88.4 Å². The third-order valence-corrected chi connectivity index (χ3v) is 13.2. The Kier molecular flexibility index (Phi) is 7.72. The molecule has 8 aromatic carbocycles. The molecule has 0 atom stereocenters. The Hall–Kier alpha value is -6.64. The lowest BCUT2D eigenvalue weighted by Gasteiger charge is -2.42. The smallest absolute Gasteiger partial charge is 0.0641 e. The number of rotatable bonds is 5. The molecule has 0 spiro atoms. The van der Waals surface area contributed by atoms with Crippen LogP contribution in [0.4, 0.5) is 0 Å². The normalized spacial score (nSPS) is 14.7. The second kappa shape index (κ2) is 12.9. The van der Waals surface area contributed by atoms with Crippen molar-refractivity contribution in [3.8, 4) is 44.8 Å². The minimum absolute atomic E-state index is 0.115. The Morgan fingerprint density at radius 3 is 1.62 bits per heavy atom. The minimum atomic E-state index is 0.115. The quantitative estimate of drug-likeness (QED) is 0.166. The second-order valence-corrected chi connectivity index (χ2v) is 17.5. The van der Waals surface area contributed by atoms with Gasteiger partial charge < -0.3 is 9.13 Å². The lowest BCUT2D eigenvalue weighted by Crippen LogP contribution is -2.33. The zero-order valence-electron chi connectivity index (χ0n) is 33.6. The first-order valence-corrected chi connectivity index (χ1v) is 20.7. The Bertz CT molecular complexity index is 3140. The van der Waals surface area contributed by atoms with Crippen molar-refractivity contribution in [1.82, 2.24) is 9.13 Å². The minimum Gasteiger partial charge on any atom is -0.308 e. The van der Waals surface area contributed by atoms with Crippen LogP contribution >= 0.6 is 0 Å². The van der Waals surface area contributed by atoms with Gasteiger partial charge in [-0.2, -0.15) is 0 Å². The fraction of sp³-hybridized carbons (Fsp3) is 0.143. The largest absolute Gasteiger partial charge is 0.308 e. The molecule has 0 radical (unpaired) electrons. The van der Waals surface area contributed by atoms with Gasteiger partial charge in [-0.25, -0.2) is 0 Å². The first-order chi connectivity index (χ1) is 28.3. The molecule has 0 aliphatic heterocycles. The molecular weight excluding hydrogens is 701 g/mol. The Balaban J connectivity index is 1.29. The van der Waals surface area contributed by atoms with E-state index in [4.69, 9.17) is 0 Å². The lowest BCUT2D eigenvalue weighted by atomic mass is 9.63. The summed E-state index contributed by atoms with van der Waals surface area (Å²) in [6.45, 7) is 9.69. The molecule has 2 heterocycles. The summed E-state index contributed by atoms with van der Waals surface area (Å²) in [5.74, 6) is 0. The second-order valence-electron chi connectivity index (χ2n) is 17.5. The Morgan fingerprint density at radius 1 is 0.379 bits per heavy atom. The highest BCUT2D eigenvalue weighted by atomic mass is 15.0. The molecule has 280 valence electrons. The SMILES string of the molecule is CC1(C)CCC(C)(C)c2cc(-c3cccc4c5ccc6c(c7ccccc7n6-c6c(-c7ccccc7)cccc6-c6ccccc6)c5n(-c5ccccc5)c34)ccc21. The number of aromatic nitrogens is 2. The molecular formula is C56H46N2. The Morgan fingerprint density at radius 2 is 0.931 bits per heavy atom. The van der Waals surface area contributed by atoms with E-state index < -0.39 is 0 Å². The number of fused-ring (bicyclic) bond motifs is 8. The third kappa shape index (κ3) is 5.17. The third-order valence-electron chi connectivity index (χ3n) is 13.2. The van der Waals surface area contributed by atoms with E-state index in [1.54, 1.807) is 0 Å². The first kappa shape index (κ1) is 34.6. The van der Waals surface area contributed by atoms with Crippen molar-refractivity contribution in [2.45, 2.75) is 51.4 Å². The molecule has 1 aliphatic carbocycles. The maximum Gasteiger partial charge on any atom is 0.0641 e. The van der Waals surface area contributed by atoms with Gasteiger partial charge in [-0.15, -0.1) is 0 Å². The molecule has 11 rings (SSSR count). The monoisotopic (exact) mass is 746 g/mol. The van der Waals surface area contributed by atoms with Crippen molar-refractivity contribution in [2.24, 2.45) is 0 Å². The zero-order valence-corrected chi connectivity index (χ0v) is 33.6. The van der Waals surface area contributed by atoms with Crippen LogP contribution in [0.15, 0.2) is 182 Å². The van der Waals surface area contributed by atoms with Gasteiger partial charge in [0, 0.05) is 43.9 Å². The number of hydrogen-bond donors (Lipinski definition) is 0. The summed E-state index contributed by atoms with van der Waals surface area (Å²) < 4.78 is 5.10. The van der Waals surface area contributed by atoms with Crippen LogP contribution in [0.1, 0.15) is 51.7 Å².